The molecule has 0 spiro atoms. The van der Waals surface area contributed by atoms with E-state index in [-0.39, 0.29) is 13.7 Å². The molecule has 0 atom stereocenters. The number of ether oxygens (including phenoxy) is 2. The molecule has 2 nitrogen and oxygen atoms in total. The van der Waals surface area contributed by atoms with Gasteiger partial charge < -0.3 is 9.47 Å². The minimum Gasteiger partial charge on any atom is -0.353 e. The molecule has 1 saturated heterocycles. The zero-order chi connectivity index (χ0) is 5.98. The van der Waals surface area contributed by atoms with E-state index >= 15 is 0 Å². The first kappa shape index (κ1) is 8.92. The van der Waals surface area contributed by atoms with Gasteiger partial charge in [-0.2, -0.15) is 0 Å². The Labute approximate surface area is 57.2 Å². The summed E-state index contributed by atoms with van der Waals surface area (Å²) in [7, 11) is 0. The third kappa shape index (κ3) is 2.82. The third-order valence-electron chi connectivity index (χ3n) is 1.23. The van der Waals surface area contributed by atoms with Crippen molar-refractivity contribution in [2.75, 3.05) is 13.2 Å². The zero-order valence-electron chi connectivity index (χ0n) is 5.39. The van der Waals surface area contributed by atoms with E-state index in [2.05, 4.69) is 6.92 Å². The number of hydrogen-bond acceptors (Lipinski definition) is 2. The highest BCUT2D eigenvalue weighted by Gasteiger charge is 2.13. The second-order valence-corrected chi connectivity index (χ2v) is 2.34. The largest absolute Gasteiger partial charge is 0.353 e. The standard InChI is InChI=1S/C6H12O2.CH4/c1-5-3-7-6(2)8-4-5;/h5-6H,3-4H2,1-2H3;1H4. The topological polar surface area (TPSA) is 18.5 Å². The van der Waals surface area contributed by atoms with E-state index in [0.29, 0.717) is 5.92 Å². The van der Waals surface area contributed by atoms with Crippen LogP contribution in [0.15, 0.2) is 0 Å². The summed E-state index contributed by atoms with van der Waals surface area (Å²) in [5.41, 5.74) is 0. The van der Waals surface area contributed by atoms with Crippen LogP contribution in [-0.2, 0) is 9.47 Å². The molecule has 0 saturated carbocycles. The van der Waals surface area contributed by atoms with Crippen LogP contribution in [0.1, 0.15) is 21.3 Å². The van der Waals surface area contributed by atoms with Gasteiger partial charge in [0.15, 0.2) is 6.29 Å². The first-order valence-corrected chi connectivity index (χ1v) is 3.02. The van der Waals surface area contributed by atoms with Gasteiger partial charge in [0.05, 0.1) is 13.2 Å². The molecule has 56 valence electrons. The van der Waals surface area contributed by atoms with E-state index in [0.717, 1.165) is 13.2 Å². The first-order valence-electron chi connectivity index (χ1n) is 3.02. The molecule has 9 heavy (non-hydrogen) atoms. The molecule has 1 aliphatic heterocycles. The van der Waals surface area contributed by atoms with Gasteiger partial charge in [0, 0.05) is 5.92 Å². The van der Waals surface area contributed by atoms with Gasteiger partial charge in [-0.1, -0.05) is 14.4 Å². The Morgan fingerprint density at radius 2 is 1.56 bits per heavy atom. The average molecular weight is 132 g/mol. The van der Waals surface area contributed by atoms with Crippen molar-refractivity contribution in [2.45, 2.75) is 27.6 Å². The Morgan fingerprint density at radius 1 is 1.11 bits per heavy atom. The van der Waals surface area contributed by atoms with Crippen LogP contribution in [0, 0.1) is 5.92 Å². The summed E-state index contributed by atoms with van der Waals surface area (Å²) < 4.78 is 10.3. The van der Waals surface area contributed by atoms with E-state index in [1.54, 1.807) is 0 Å². The maximum absolute atomic E-state index is 5.17. The summed E-state index contributed by atoms with van der Waals surface area (Å²) in [6.07, 6.45) is 0.0196. The van der Waals surface area contributed by atoms with Gasteiger partial charge >= 0.3 is 0 Å². The Morgan fingerprint density at radius 3 is 1.89 bits per heavy atom. The Bertz CT molecular complexity index is 55.3. The maximum Gasteiger partial charge on any atom is 0.154 e. The number of rotatable bonds is 0. The summed E-state index contributed by atoms with van der Waals surface area (Å²) in [6.45, 7) is 5.74. The fraction of sp³-hybridized carbons (Fsp3) is 1.00. The van der Waals surface area contributed by atoms with Crippen molar-refractivity contribution < 1.29 is 9.47 Å². The molecule has 0 aromatic rings. The Kier molecular flexibility index (Phi) is 3.82. The molecule has 1 rings (SSSR count). The summed E-state index contributed by atoms with van der Waals surface area (Å²) in [6, 6.07) is 0. The molecule has 0 bridgehead atoms. The van der Waals surface area contributed by atoms with Gasteiger partial charge in [0.25, 0.3) is 0 Å². The van der Waals surface area contributed by atoms with E-state index < -0.39 is 0 Å². The third-order valence-corrected chi connectivity index (χ3v) is 1.23. The van der Waals surface area contributed by atoms with Crippen molar-refractivity contribution in [3.05, 3.63) is 0 Å². The van der Waals surface area contributed by atoms with Gasteiger partial charge in [-0.3, -0.25) is 0 Å². The molecular formula is C7H16O2. The molecular weight excluding hydrogens is 116 g/mol. The SMILES string of the molecule is C.CC1COC(C)OC1. The van der Waals surface area contributed by atoms with Crippen molar-refractivity contribution in [1.82, 2.24) is 0 Å². The highest BCUT2D eigenvalue weighted by Crippen LogP contribution is 2.08. The minimum atomic E-state index is 0. The zero-order valence-corrected chi connectivity index (χ0v) is 5.39. The van der Waals surface area contributed by atoms with Crippen LogP contribution in [0.3, 0.4) is 0 Å². The highest BCUT2D eigenvalue weighted by molar-refractivity contribution is 4.53. The monoisotopic (exact) mass is 132 g/mol. The molecule has 0 unspecified atom stereocenters. The lowest BCUT2D eigenvalue weighted by atomic mass is 10.2. The molecule has 0 amide bonds. The molecule has 1 heterocycles. The summed E-state index contributed by atoms with van der Waals surface area (Å²) in [5, 5.41) is 0. The molecule has 0 aromatic heterocycles. The van der Waals surface area contributed by atoms with Crippen molar-refractivity contribution in [3.63, 3.8) is 0 Å². The van der Waals surface area contributed by atoms with Crippen LogP contribution in [0.25, 0.3) is 0 Å². The summed E-state index contributed by atoms with van der Waals surface area (Å²) in [5.74, 6) is 0.575. The predicted molar refractivity (Wildman–Crippen MR) is 37.3 cm³/mol. The van der Waals surface area contributed by atoms with Gasteiger partial charge in [-0.05, 0) is 6.92 Å². The van der Waals surface area contributed by atoms with Crippen molar-refractivity contribution in [3.8, 4) is 0 Å². The molecule has 1 fully saturated rings. The summed E-state index contributed by atoms with van der Waals surface area (Å²) in [4.78, 5) is 0. The average Bonchev–Trinajstić information content (AvgIpc) is 1.77. The lowest BCUT2D eigenvalue weighted by Crippen LogP contribution is -2.27. The van der Waals surface area contributed by atoms with Crippen LogP contribution in [0.4, 0.5) is 0 Å². The Balaban J connectivity index is 0.000000640. The van der Waals surface area contributed by atoms with Gasteiger partial charge in [-0.25, -0.2) is 0 Å². The van der Waals surface area contributed by atoms with Crippen LogP contribution in [-0.4, -0.2) is 19.5 Å². The second-order valence-electron chi connectivity index (χ2n) is 2.34. The molecule has 2 heteroatoms. The fourth-order valence-corrected chi connectivity index (χ4v) is 0.696. The summed E-state index contributed by atoms with van der Waals surface area (Å²) >= 11 is 0. The minimum absolute atomic E-state index is 0. The van der Waals surface area contributed by atoms with Crippen LogP contribution in [0.5, 0.6) is 0 Å². The quantitative estimate of drug-likeness (QED) is 0.499. The lowest BCUT2D eigenvalue weighted by Gasteiger charge is -2.24. The molecule has 0 aliphatic carbocycles. The van der Waals surface area contributed by atoms with Crippen LogP contribution in [0.2, 0.25) is 0 Å². The van der Waals surface area contributed by atoms with Crippen LogP contribution >= 0.6 is 0 Å². The Hall–Kier alpha value is -0.0800. The normalized spacial score (nSPS) is 35.3. The molecule has 1 aliphatic rings. The van der Waals surface area contributed by atoms with Gasteiger partial charge in [-0.15, -0.1) is 0 Å². The first-order chi connectivity index (χ1) is 3.79. The highest BCUT2D eigenvalue weighted by atomic mass is 16.7. The van der Waals surface area contributed by atoms with Gasteiger partial charge in [0.1, 0.15) is 0 Å². The fourth-order valence-electron chi connectivity index (χ4n) is 0.696. The smallest absolute Gasteiger partial charge is 0.154 e. The lowest BCUT2D eigenvalue weighted by molar-refractivity contribution is -0.187. The van der Waals surface area contributed by atoms with Crippen molar-refractivity contribution in [1.29, 1.82) is 0 Å². The maximum atomic E-state index is 5.17. The second kappa shape index (κ2) is 3.85. The van der Waals surface area contributed by atoms with E-state index in [1.165, 1.54) is 0 Å². The van der Waals surface area contributed by atoms with Crippen molar-refractivity contribution in [2.24, 2.45) is 5.92 Å². The van der Waals surface area contributed by atoms with E-state index in [4.69, 9.17) is 9.47 Å². The molecule has 0 radical (unpaired) electrons. The van der Waals surface area contributed by atoms with Gasteiger partial charge in [0.2, 0.25) is 0 Å². The molecule has 0 N–H and O–H groups in total. The predicted octanol–water partition coefficient (Wildman–Crippen LogP) is 1.65. The van der Waals surface area contributed by atoms with Crippen LogP contribution < -0.4 is 0 Å². The van der Waals surface area contributed by atoms with E-state index in [1.807, 2.05) is 6.92 Å². The van der Waals surface area contributed by atoms with Crippen molar-refractivity contribution >= 4 is 0 Å². The van der Waals surface area contributed by atoms with E-state index in [9.17, 15) is 0 Å². The molecule has 0 aromatic carbocycles. The number of hydrogen-bond donors (Lipinski definition) is 0.